The van der Waals surface area contributed by atoms with E-state index in [0.717, 1.165) is 34.4 Å². The number of hydrogen-bond donors (Lipinski definition) is 0. The summed E-state index contributed by atoms with van der Waals surface area (Å²) in [6, 6.07) is 22.6. The molecule has 0 aromatic heterocycles. The summed E-state index contributed by atoms with van der Waals surface area (Å²) in [5.41, 5.74) is 4.00. The van der Waals surface area contributed by atoms with E-state index in [1.807, 2.05) is 67.6 Å². The molecule has 1 atom stereocenters. The summed E-state index contributed by atoms with van der Waals surface area (Å²) >= 11 is 0. The monoisotopic (exact) mass is 520 g/mol. The largest absolute Gasteiger partial charge is 0.497 e. The highest BCUT2D eigenvalue weighted by atomic mass is 32.2. The Balaban J connectivity index is 1.69. The fourth-order valence-electron chi connectivity index (χ4n) is 4.64. The molecule has 0 radical (unpaired) electrons. The molecular formula is C30H36N2O4S. The number of ether oxygens (including phenoxy) is 1. The van der Waals surface area contributed by atoms with Crippen molar-refractivity contribution in [2.45, 2.75) is 57.0 Å². The van der Waals surface area contributed by atoms with E-state index in [1.54, 1.807) is 24.1 Å². The third-order valence-corrected chi connectivity index (χ3v) is 8.81. The predicted octanol–water partition coefficient (Wildman–Crippen LogP) is 5.33. The number of amides is 1. The number of aryl methyl sites for hydroxylation is 1. The topological polar surface area (TPSA) is 66.9 Å². The summed E-state index contributed by atoms with van der Waals surface area (Å²) in [6.07, 6.45) is 0.714. The van der Waals surface area contributed by atoms with Crippen LogP contribution >= 0.6 is 0 Å². The maximum atomic E-state index is 13.8. The Morgan fingerprint density at radius 3 is 2.03 bits per heavy atom. The van der Waals surface area contributed by atoms with Crippen LogP contribution in [0.15, 0.2) is 77.7 Å². The molecule has 1 unspecified atom stereocenters. The number of rotatable bonds is 8. The molecule has 0 spiro atoms. The highest BCUT2D eigenvalue weighted by molar-refractivity contribution is 7.89. The number of hydrogen-bond acceptors (Lipinski definition) is 4. The second kappa shape index (κ2) is 10.7. The van der Waals surface area contributed by atoms with Gasteiger partial charge in [-0.1, -0.05) is 76.2 Å². The number of methoxy groups -OCH3 is 1. The van der Waals surface area contributed by atoms with E-state index in [-0.39, 0.29) is 22.8 Å². The van der Waals surface area contributed by atoms with Crippen LogP contribution in [0, 0.1) is 0 Å². The minimum absolute atomic E-state index is 0.0368. The van der Waals surface area contributed by atoms with Gasteiger partial charge < -0.3 is 9.64 Å². The Bertz CT molecular complexity index is 1330. The van der Waals surface area contributed by atoms with Crippen LogP contribution in [0.5, 0.6) is 5.75 Å². The third-order valence-electron chi connectivity index (χ3n) is 6.99. The summed E-state index contributed by atoms with van der Waals surface area (Å²) in [6.45, 7) is 8.65. The van der Waals surface area contributed by atoms with Crippen molar-refractivity contribution in [3.63, 3.8) is 0 Å². The quantitative estimate of drug-likeness (QED) is 0.403. The van der Waals surface area contributed by atoms with Gasteiger partial charge in [-0.2, -0.15) is 4.31 Å². The highest BCUT2D eigenvalue weighted by Gasteiger charge is 2.45. The van der Waals surface area contributed by atoms with Gasteiger partial charge >= 0.3 is 0 Å². The van der Waals surface area contributed by atoms with Crippen molar-refractivity contribution in [3.8, 4) is 5.75 Å². The van der Waals surface area contributed by atoms with Gasteiger partial charge in [0.05, 0.1) is 18.6 Å². The Labute approximate surface area is 220 Å². The maximum Gasteiger partial charge on any atom is 0.245 e. The summed E-state index contributed by atoms with van der Waals surface area (Å²) in [5.74, 6) is 0.566. The van der Waals surface area contributed by atoms with E-state index >= 15 is 0 Å². The Morgan fingerprint density at radius 1 is 0.892 bits per heavy atom. The average Bonchev–Trinajstić information content (AvgIpc) is 3.24. The van der Waals surface area contributed by atoms with Gasteiger partial charge in [-0.3, -0.25) is 4.79 Å². The van der Waals surface area contributed by atoms with Crippen LogP contribution < -0.4 is 4.74 Å². The van der Waals surface area contributed by atoms with Crippen molar-refractivity contribution < 1.29 is 17.9 Å². The van der Waals surface area contributed by atoms with E-state index in [9.17, 15) is 13.2 Å². The fraction of sp³-hybridized carbons (Fsp3) is 0.367. The van der Waals surface area contributed by atoms with Crippen LogP contribution in [0.3, 0.4) is 0 Å². The molecule has 7 heteroatoms. The molecule has 6 nitrogen and oxygen atoms in total. The Hall–Kier alpha value is -3.16. The summed E-state index contributed by atoms with van der Waals surface area (Å²) in [4.78, 5) is 15.2. The van der Waals surface area contributed by atoms with Crippen LogP contribution in [-0.4, -0.2) is 43.7 Å². The minimum Gasteiger partial charge on any atom is -0.497 e. The normalized spacial score (nSPS) is 16.8. The molecule has 3 aromatic carbocycles. The van der Waals surface area contributed by atoms with Gasteiger partial charge in [-0.25, -0.2) is 8.42 Å². The lowest BCUT2D eigenvalue weighted by Crippen LogP contribution is -2.36. The van der Waals surface area contributed by atoms with Crippen molar-refractivity contribution in [2.75, 3.05) is 20.2 Å². The summed E-state index contributed by atoms with van der Waals surface area (Å²) < 4.78 is 34.2. The molecule has 0 saturated carbocycles. The zero-order valence-electron chi connectivity index (χ0n) is 22.3. The first-order valence-corrected chi connectivity index (χ1v) is 14.1. The predicted molar refractivity (Wildman–Crippen MR) is 146 cm³/mol. The van der Waals surface area contributed by atoms with Crippen LogP contribution in [0.2, 0.25) is 0 Å². The van der Waals surface area contributed by atoms with Crippen LogP contribution in [0.1, 0.15) is 56.1 Å². The van der Waals surface area contributed by atoms with E-state index in [4.69, 9.17) is 4.74 Å². The van der Waals surface area contributed by atoms with Gasteiger partial charge in [-0.05, 0) is 64.8 Å². The number of carbonyl (C=O) groups excluding carboxylic acids is 1. The molecule has 1 heterocycles. The molecule has 1 fully saturated rings. The van der Waals surface area contributed by atoms with Gasteiger partial charge in [-0.15, -0.1) is 0 Å². The molecule has 1 saturated heterocycles. The lowest BCUT2D eigenvalue weighted by molar-refractivity contribution is -0.128. The smallest absolute Gasteiger partial charge is 0.245 e. The van der Waals surface area contributed by atoms with E-state index < -0.39 is 16.2 Å². The molecule has 1 aliphatic heterocycles. The zero-order chi connectivity index (χ0) is 26.8. The molecule has 196 valence electrons. The second-order valence-corrected chi connectivity index (χ2v) is 12.4. The molecule has 37 heavy (non-hydrogen) atoms. The van der Waals surface area contributed by atoms with E-state index in [0.29, 0.717) is 13.0 Å². The molecule has 1 aliphatic rings. The molecule has 4 rings (SSSR count). The van der Waals surface area contributed by atoms with Crippen molar-refractivity contribution in [2.24, 2.45) is 0 Å². The lowest BCUT2D eigenvalue weighted by atomic mass is 9.86. The molecular weight excluding hydrogens is 484 g/mol. The Morgan fingerprint density at radius 2 is 1.49 bits per heavy atom. The van der Waals surface area contributed by atoms with Gasteiger partial charge in [0.1, 0.15) is 11.9 Å². The second-order valence-electron chi connectivity index (χ2n) is 10.5. The summed E-state index contributed by atoms with van der Waals surface area (Å²) in [7, 11) is -2.28. The third kappa shape index (κ3) is 5.73. The molecule has 1 amide bonds. The van der Waals surface area contributed by atoms with Crippen molar-refractivity contribution >= 4 is 15.9 Å². The van der Waals surface area contributed by atoms with Crippen molar-refractivity contribution in [3.05, 3.63) is 95.1 Å². The van der Waals surface area contributed by atoms with Gasteiger partial charge in [0, 0.05) is 6.54 Å². The van der Waals surface area contributed by atoms with E-state index in [2.05, 4.69) is 20.8 Å². The number of benzene rings is 3. The number of carbonyl (C=O) groups is 1. The summed E-state index contributed by atoms with van der Waals surface area (Å²) in [5, 5.41) is 0. The minimum atomic E-state index is -3.90. The highest BCUT2D eigenvalue weighted by Crippen LogP contribution is 2.37. The first-order chi connectivity index (χ1) is 17.5. The van der Waals surface area contributed by atoms with Crippen molar-refractivity contribution in [1.29, 1.82) is 0 Å². The zero-order valence-corrected chi connectivity index (χ0v) is 23.1. The first-order valence-electron chi connectivity index (χ1n) is 12.7. The maximum absolute atomic E-state index is 13.8. The van der Waals surface area contributed by atoms with Crippen LogP contribution in [0.25, 0.3) is 0 Å². The number of sulfonamides is 1. The average molecular weight is 521 g/mol. The van der Waals surface area contributed by atoms with Gasteiger partial charge in [0.2, 0.25) is 15.9 Å². The van der Waals surface area contributed by atoms with Gasteiger partial charge in [0.25, 0.3) is 0 Å². The standard InChI is InChI=1S/C30H36N2O4S/c1-6-22-9-17-27(18-10-22)37(34,35)32-21-28(33)31(20-19-23-7-15-26(36-5)16-8-23)29(32)24-11-13-25(14-12-24)30(2,3)4/h7-18,29H,6,19-21H2,1-5H3. The van der Waals surface area contributed by atoms with Gasteiger partial charge in [0.15, 0.2) is 0 Å². The van der Waals surface area contributed by atoms with E-state index in [1.165, 1.54) is 4.31 Å². The van der Waals surface area contributed by atoms with Crippen LogP contribution in [0.4, 0.5) is 0 Å². The number of nitrogens with zero attached hydrogens (tertiary/aromatic N) is 2. The molecule has 0 bridgehead atoms. The SMILES string of the molecule is CCc1ccc(S(=O)(=O)N2CC(=O)N(CCc3ccc(OC)cc3)C2c2ccc(C(C)(C)C)cc2)cc1. The fourth-order valence-corrected chi connectivity index (χ4v) is 6.17. The first kappa shape index (κ1) is 26.9. The Kier molecular flexibility index (Phi) is 7.76. The molecule has 0 N–H and O–H groups in total. The van der Waals surface area contributed by atoms with Crippen molar-refractivity contribution in [1.82, 2.24) is 9.21 Å². The lowest BCUT2D eigenvalue weighted by Gasteiger charge is -2.30. The molecule has 3 aromatic rings. The molecule has 0 aliphatic carbocycles. The van der Waals surface area contributed by atoms with Crippen LogP contribution in [-0.2, 0) is 33.1 Å².